The first-order chi connectivity index (χ1) is 12.4. The van der Waals surface area contributed by atoms with Crippen molar-refractivity contribution in [2.75, 3.05) is 11.9 Å². The molecule has 26 heavy (non-hydrogen) atoms. The van der Waals surface area contributed by atoms with Gasteiger partial charge in [0.05, 0.1) is 0 Å². The fourth-order valence-electron chi connectivity index (χ4n) is 2.21. The average molecular weight is 426 g/mol. The topological polar surface area (TPSA) is 64.9 Å². The van der Waals surface area contributed by atoms with E-state index in [0.29, 0.717) is 24.2 Å². The summed E-state index contributed by atoms with van der Waals surface area (Å²) in [5.41, 5.74) is 0.252. The monoisotopic (exact) mass is 427 g/mol. The van der Waals surface area contributed by atoms with Crippen LogP contribution in [0.4, 0.5) is 24.5 Å². The zero-order valence-electron chi connectivity index (χ0n) is 13.6. The van der Waals surface area contributed by atoms with Gasteiger partial charge < -0.3 is 0 Å². The van der Waals surface area contributed by atoms with Crippen molar-refractivity contribution in [3.8, 4) is 4.97 Å². The second-order valence-electron chi connectivity index (χ2n) is 5.30. The van der Waals surface area contributed by atoms with Gasteiger partial charge in [0, 0.05) is 0 Å². The third-order valence-corrected chi connectivity index (χ3v) is 4.72. The SMILES string of the molecule is N#C[Se]CCCNC(=O)c1ccccc1Nc1cccc(C(F)(F)F)c1. The van der Waals surface area contributed by atoms with Gasteiger partial charge >= 0.3 is 142 Å². The summed E-state index contributed by atoms with van der Waals surface area (Å²) in [6, 6.07) is 11.4. The molecule has 0 aromatic heterocycles. The van der Waals surface area contributed by atoms with Gasteiger partial charge in [0.15, 0.2) is 0 Å². The van der Waals surface area contributed by atoms with Gasteiger partial charge in [-0.2, -0.15) is 13.2 Å². The average Bonchev–Trinajstić information content (AvgIpc) is 2.61. The van der Waals surface area contributed by atoms with Crippen LogP contribution in [0.15, 0.2) is 48.5 Å². The van der Waals surface area contributed by atoms with Crippen LogP contribution in [0.2, 0.25) is 5.32 Å². The predicted molar refractivity (Wildman–Crippen MR) is 94.3 cm³/mol. The summed E-state index contributed by atoms with van der Waals surface area (Å²) in [6.07, 6.45) is -3.72. The van der Waals surface area contributed by atoms with Crippen molar-refractivity contribution >= 4 is 32.2 Å². The first kappa shape index (κ1) is 19.8. The number of carbonyl (C=O) groups is 1. The van der Waals surface area contributed by atoms with Crippen LogP contribution in [0.25, 0.3) is 0 Å². The van der Waals surface area contributed by atoms with Gasteiger partial charge in [0.1, 0.15) is 0 Å². The van der Waals surface area contributed by atoms with Gasteiger partial charge in [-0.25, -0.2) is 0 Å². The van der Waals surface area contributed by atoms with E-state index in [1.54, 1.807) is 24.3 Å². The van der Waals surface area contributed by atoms with Crippen LogP contribution in [0, 0.1) is 10.2 Å². The van der Waals surface area contributed by atoms with E-state index in [0.717, 1.165) is 17.5 Å². The van der Waals surface area contributed by atoms with Crippen LogP contribution in [-0.2, 0) is 6.18 Å². The molecular formula is C18H16F3N3OSe. The van der Waals surface area contributed by atoms with Gasteiger partial charge in [-0.3, -0.25) is 0 Å². The minimum absolute atomic E-state index is 0.0757. The number of amides is 1. The molecule has 0 aliphatic rings. The number of rotatable bonds is 7. The maximum absolute atomic E-state index is 12.8. The molecule has 0 aliphatic carbocycles. The number of hydrogen-bond acceptors (Lipinski definition) is 3. The van der Waals surface area contributed by atoms with E-state index in [-0.39, 0.29) is 26.6 Å². The molecular weight excluding hydrogens is 410 g/mol. The molecule has 0 spiro atoms. The Hall–Kier alpha value is -2.49. The van der Waals surface area contributed by atoms with E-state index in [1.807, 2.05) is 0 Å². The first-order valence-corrected chi connectivity index (χ1v) is 9.81. The van der Waals surface area contributed by atoms with Crippen LogP contribution in [-0.4, -0.2) is 27.4 Å². The summed E-state index contributed by atoms with van der Waals surface area (Å²) in [5, 5.41) is 14.9. The molecule has 2 aromatic carbocycles. The summed E-state index contributed by atoms with van der Waals surface area (Å²) in [7, 11) is 0. The van der Waals surface area contributed by atoms with Gasteiger partial charge in [-0.1, -0.05) is 0 Å². The number of nitrogens with zero attached hydrogens (tertiary/aromatic N) is 1. The third kappa shape index (κ3) is 5.80. The summed E-state index contributed by atoms with van der Waals surface area (Å²) in [4.78, 5) is 14.4. The third-order valence-electron chi connectivity index (χ3n) is 3.41. The van der Waals surface area contributed by atoms with E-state index in [2.05, 4.69) is 15.6 Å². The standard InChI is InChI=1S/C18H16F3N3OSe/c19-18(20,21)13-5-3-6-14(11-13)24-16-8-2-1-7-15(16)17(25)23-9-4-10-26-12-22/h1-3,5-8,11,24H,4,9-10H2,(H,23,25). The Morgan fingerprint density at radius 3 is 2.65 bits per heavy atom. The number of halogens is 3. The number of para-hydroxylation sites is 1. The fourth-order valence-corrected chi connectivity index (χ4v) is 3.00. The number of carbonyl (C=O) groups excluding carboxylic acids is 1. The van der Waals surface area contributed by atoms with Crippen LogP contribution in [0.3, 0.4) is 0 Å². The number of anilines is 2. The Kier molecular flexibility index (Phi) is 7.07. The molecule has 2 rings (SSSR count). The second kappa shape index (κ2) is 9.27. The number of alkyl halides is 3. The predicted octanol–water partition coefficient (Wildman–Crippen LogP) is 4.17. The molecule has 8 heteroatoms. The Balaban J connectivity index is 2.09. The second-order valence-corrected chi connectivity index (χ2v) is 7.14. The van der Waals surface area contributed by atoms with E-state index in [9.17, 15) is 18.0 Å². The molecule has 0 aliphatic heterocycles. The van der Waals surface area contributed by atoms with Gasteiger partial charge in [0.2, 0.25) is 0 Å². The van der Waals surface area contributed by atoms with Crippen molar-refractivity contribution < 1.29 is 18.0 Å². The Morgan fingerprint density at radius 1 is 1.15 bits per heavy atom. The number of benzene rings is 2. The molecule has 4 nitrogen and oxygen atoms in total. The van der Waals surface area contributed by atoms with Gasteiger partial charge in [-0.15, -0.1) is 0 Å². The molecule has 0 unspecified atom stereocenters. The van der Waals surface area contributed by atoms with Crippen LogP contribution in [0.5, 0.6) is 0 Å². The molecule has 0 atom stereocenters. The van der Waals surface area contributed by atoms with E-state index in [1.165, 1.54) is 12.1 Å². The molecule has 2 aromatic rings. The fraction of sp³-hybridized carbons (Fsp3) is 0.222. The summed E-state index contributed by atoms with van der Waals surface area (Å²) in [6.45, 7) is 0.445. The molecule has 0 saturated heterocycles. The quantitative estimate of drug-likeness (QED) is 0.516. The number of hydrogen-bond donors (Lipinski definition) is 2. The minimum atomic E-state index is -4.43. The van der Waals surface area contributed by atoms with Crippen molar-refractivity contribution in [1.29, 1.82) is 5.26 Å². The van der Waals surface area contributed by atoms with Crippen molar-refractivity contribution in [2.24, 2.45) is 0 Å². The van der Waals surface area contributed by atoms with Crippen molar-refractivity contribution in [1.82, 2.24) is 5.32 Å². The molecule has 0 radical (unpaired) electrons. The number of nitrogens with one attached hydrogen (secondary N) is 2. The zero-order chi connectivity index (χ0) is 19.0. The normalized spacial score (nSPS) is 10.8. The van der Waals surface area contributed by atoms with E-state index in [4.69, 9.17) is 5.26 Å². The van der Waals surface area contributed by atoms with E-state index >= 15 is 0 Å². The summed E-state index contributed by atoms with van der Waals surface area (Å²) in [5.74, 6) is -0.315. The molecule has 2 N–H and O–H groups in total. The molecule has 0 bridgehead atoms. The maximum atomic E-state index is 12.8. The number of nitriles is 1. The van der Waals surface area contributed by atoms with E-state index < -0.39 is 11.7 Å². The molecule has 1 amide bonds. The van der Waals surface area contributed by atoms with Crippen LogP contribution in [0.1, 0.15) is 22.3 Å². The zero-order valence-corrected chi connectivity index (χ0v) is 15.4. The molecule has 136 valence electrons. The first-order valence-electron chi connectivity index (χ1n) is 7.74. The van der Waals surface area contributed by atoms with Crippen LogP contribution >= 0.6 is 0 Å². The van der Waals surface area contributed by atoms with Crippen molar-refractivity contribution in [2.45, 2.75) is 17.9 Å². The van der Waals surface area contributed by atoms with Crippen molar-refractivity contribution in [3.63, 3.8) is 0 Å². The Bertz CT molecular complexity index is 803. The molecule has 0 saturated carbocycles. The Labute approximate surface area is 155 Å². The van der Waals surface area contributed by atoms with Gasteiger partial charge in [-0.05, 0) is 0 Å². The molecule has 0 fully saturated rings. The van der Waals surface area contributed by atoms with Crippen LogP contribution < -0.4 is 10.6 Å². The Morgan fingerprint density at radius 2 is 1.92 bits per heavy atom. The van der Waals surface area contributed by atoms with Gasteiger partial charge in [0.25, 0.3) is 0 Å². The molecule has 0 heterocycles. The van der Waals surface area contributed by atoms with Crippen molar-refractivity contribution in [3.05, 3.63) is 59.7 Å². The summed E-state index contributed by atoms with van der Waals surface area (Å²) >= 11 is -0.0757. The summed E-state index contributed by atoms with van der Waals surface area (Å²) < 4.78 is 38.5.